The summed E-state index contributed by atoms with van der Waals surface area (Å²) < 4.78 is 8.69. The van der Waals surface area contributed by atoms with E-state index in [0.29, 0.717) is 42.0 Å². The lowest BCUT2D eigenvalue weighted by Gasteiger charge is -2.35. The van der Waals surface area contributed by atoms with Crippen molar-refractivity contribution in [1.29, 1.82) is 0 Å². The van der Waals surface area contributed by atoms with Crippen LogP contribution in [0.1, 0.15) is 35.5 Å². The molecule has 0 aliphatic carbocycles. The molecule has 0 fully saturated rings. The number of ether oxygens (including phenoxy) is 1. The molecule has 4 aromatic rings. The zero-order valence-electron chi connectivity index (χ0n) is 24.0. The number of para-hydroxylation sites is 1. The molecule has 0 unspecified atom stereocenters. The van der Waals surface area contributed by atoms with Gasteiger partial charge in [-0.3, -0.25) is 9.69 Å². The highest BCUT2D eigenvalue weighted by molar-refractivity contribution is 6.42. The first kappa shape index (κ1) is 29.6. The maximum absolute atomic E-state index is 14.5. The van der Waals surface area contributed by atoms with E-state index in [4.69, 9.17) is 27.9 Å². The van der Waals surface area contributed by atoms with Gasteiger partial charge in [-0.05, 0) is 48.9 Å². The molecule has 1 N–H and O–H groups in total. The van der Waals surface area contributed by atoms with Crippen LogP contribution in [0.25, 0.3) is 22.0 Å². The predicted molar refractivity (Wildman–Crippen MR) is 166 cm³/mol. The first-order chi connectivity index (χ1) is 19.7. The number of aromatic nitrogens is 1. The van der Waals surface area contributed by atoms with Crippen molar-refractivity contribution in [3.05, 3.63) is 93.6 Å². The van der Waals surface area contributed by atoms with Crippen molar-refractivity contribution < 1.29 is 14.6 Å². The molecule has 1 aliphatic heterocycles. The highest BCUT2D eigenvalue weighted by Crippen LogP contribution is 2.38. The maximum Gasteiger partial charge on any atom is 0.271 e. The fourth-order valence-electron chi connectivity index (χ4n) is 5.85. The number of aliphatic hydroxyl groups is 1. The van der Waals surface area contributed by atoms with E-state index in [2.05, 4.69) is 37.1 Å². The Morgan fingerprint density at radius 2 is 1.80 bits per heavy atom. The van der Waals surface area contributed by atoms with Crippen molar-refractivity contribution in [2.45, 2.75) is 39.1 Å². The van der Waals surface area contributed by atoms with Crippen molar-refractivity contribution in [3.63, 3.8) is 0 Å². The van der Waals surface area contributed by atoms with Crippen LogP contribution in [0.5, 0.6) is 0 Å². The third-order valence-electron chi connectivity index (χ3n) is 8.15. The first-order valence-corrected chi connectivity index (χ1v) is 14.8. The zero-order chi connectivity index (χ0) is 29.3. The Balaban J connectivity index is 1.55. The molecule has 0 spiro atoms. The quantitative estimate of drug-likeness (QED) is 0.272. The molecule has 8 heteroatoms. The van der Waals surface area contributed by atoms with Gasteiger partial charge in [0.1, 0.15) is 5.69 Å². The van der Waals surface area contributed by atoms with E-state index in [1.807, 2.05) is 72.0 Å². The van der Waals surface area contributed by atoms with Crippen LogP contribution in [0, 0.1) is 5.92 Å². The topological polar surface area (TPSA) is 57.9 Å². The molecule has 41 heavy (non-hydrogen) atoms. The molecular weight excluding hydrogens is 557 g/mol. The third kappa shape index (κ3) is 6.04. The van der Waals surface area contributed by atoms with Crippen LogP contribution in [0.2, 0.25) is 10.0 Å². The number of benzene rings is 3. The summed E-state index contributed by atoms with van der Waals surface area (Å²) in [5, 5.41) is 12.3. The number of nitrogens with zero attached hydrogens (tertiary/aromatic N) is 3. The lowest BCUT2D eigenvalue weighted by Crippen LogP contribution is -2.47. The van der Waals surface area contributed by atoms with Gasteiger partial charge in [-0.15, -0.1) is 0 Å². The Morgan fingerprint density at radius 1 is 1.07 bits per heavy atom. The van der Waals surface area contributed by atoms with Gasteiger partial charge < -0.3 is 19.3 Å². The molecule has 0 radical (unpaired) electrons. The number of rotatable bonds is 6. The highest BCUT2D eigenvalue weighted by Gasteiger charge is 2.33. The van der Waals surface area contributed by atoms with Gasteiger partial charge in [0.25, 0.3) is 5.91 Å². The van der Waals surface area contributed by atoms with E-state index < -0.39 is 0 Å². The molecule has 0 saturated heterocycles. The largest absolute Gasteiger partial charge is 0.394 e. The Labute approximate surface area is 252 Å². The van der Waals surface area contributed by atoms with Gasteiger partial charge in [0.05, 0.1) is 35.4 Å². The maximum atomic E-state index is 14.5. The molecular formula is C33H37Cl2N3O3. The predicted octanol–water partition coefficient (Wildman–Crippen LogP) is 6.64. The second-order valence-corrected chi connectivity index (χ2v) is 12.0. The van der Waals surface area contributed by atoms with Crippen LogP contribution in [0.3, 0.4) is 0 Å². The number of hydrogen-bond acceptors (Lipinski definition) is 4. The molecule has 3 aromatic carbocycles. The second-order valence-electron chi connectivity index (χ2n) is 11.2. The van der Waals surface area contributed by atoms with E-state index in [1.54, 1.807) is 0 Å². The Kier molecular flexibility index (Phi) is 9.07. The third-order valence-corrected chi connectivity index (χ3v) is 8.89. The first-order valence-electron chi connectivity index (χ1n) is 14.0. The summed E-state index contributed by atoms with van der Waals surface area (Å²) in [6.45, 7) is 6.07. The van der Waals surface area contributed by atoms with Crippen molar-refractivity contribution in [3.8, 4) is 11.1 Å². The summed E-state index contributed by atoms with van der Waals surface area (Å²) in [6, 6.07) is 21.6. The molecule has 1 aliphatic rings. The van der Waals surface area contributed by atoms with E-state index >= 15 is 0 Å². The fraction of sp³-hybridized carbons (Fsp3) is 0.364. The number of carbonyl (C=O) groups excluding carboxylic acids is 1. The lowest BCUT2D eigenvalue weighted by atomic mass is 9.96. The number of aliphatic hydroxyl groups excluding tert-OH is 1. The smallest absolute Gasteiger partial charge is 0.271 e. The minimum absolute atomic E-state index is 0.00685. The molecule has 3 atom stereocenters. The average molecular weight is 595 g/mol. The summed E-state index contributed by atoms with van der Waals surface area (Å²) in [7, 11) is 4.00. The van der Waals surface area contributed by atoms with Gasteiger partial charge in [0, 0.05) is 49.1 Å². The molecule has 2 heterocycles. The SMILES string of the molecule is C[C@H](CO)N1C[C@H](C)[C@@H](CN(C)Cc2ccc(Cl)c(Cl)c2)OCc2ccccc2-c2c(n(C)c3ccccc23)C1=O. The lowest BCUT2D eigenvalue weighted by molar-refractivity contribution is -0.0242. The van der Waals surface area contributed by atoms with Gasteiger partial charge in [-0.2, -0.15) is 0 Å². The molecule has 1 aromatic heterocycles. The van der Waals surface area contributed by atoms with Crippen molar-refractivity contribution >= 4 is 40.0 Å². The summed E-state index contributed by atoms with van der Waals surface area (Å²) in [6.07, 6.45) is -0.171. The molecule has 6 nitrogen and oxygen atoms in total. The van der Waals surface area contributed by atoms with Crippen LogP contribution in [0.15, 0.2) is 66.7 Å². The standard InChI is InChI=1S/C33H37Cl2N3O3/c1-21-16-38(22(2)19-39)33(40)32-31(26-11-7-8-12-29(26)37(32)4)25-10-6-5-9-24(25)20-41-30(21)18-36(3)17-23-13-14-27(34)28(35)15-23/h5-15,21-22,30,39H,16-20H2,1-4H3/t21-,22+,30+/m0/s1. The van der Waals surface area contributed by atoms with Crippen LogP contribution >= 0.6 is 23.2 Å². The van der Waals surface area contributed by atoms with Gasteiger partial charge in [-0.25, -0.2) is 0 Å². The Morgan fingerprint density at radius 3 is 2.56 bits per heavy atom. The molecule has 5 rings (SSSR count). The van der Waals surface area contributed by atoms with Crippen molar-refractivity contribution in [2.24, 2.45) is 13.0 Å². The number of carbonyl (C=O) groups is 1. The van der Waals surface area contributed by atoms with E-state index in [1.165, 1.54) is 0 Å². The number of fused-ring (bicyclic) bond motifs is 5. The summed E-state index contributed by atoms with van der Waals surface area (Å²) in [5.74, 6) is -0.0979. The highest BCUT2D eigenvalue weighted by atomic mass is 35.5. The summed E-state index contributed by atoms with van der Waals surface area (Å²) in [4.78, 5) is 18.5. The Hall–Kier alpha value is -2.87. The minimum Gasteiger partial charge on any atom is -0.394 e. The number of hydrogen-bond donors (Lipinski definition) is 1. The fourth-order valence-corrected chi connectivity index (χ4v) is 6.17. The van der Waals surface area contributed by atoms with E-state index in [0.717, 1.165) is 33.2 Å². The van der Waals surface area contributed by atoms with Crippen LogP contribution in [0.4, 0.5) is 0 Å². The number of halogens is 2. The van der Waals surface area contributed by atoms with Gasteiger partial charge >= 0.3 is 0 Å². The molecule has 0 saturated carbocycles. The zero-order valence-corrected chi connectivity index (χ0v) is 25.5. The summed E-state index contributed by atoms with van der Waals surface area (Å²) in [5.41, 5.74) is 5.61. The van der Waals surface area contributed by atoms with Crippen molar-refractivity contribution in [1.82, 2.24) is 14.4 Å². The molecule has 1 amide bonds. The second kappa shape index (κ2) is 12.6. The number of likely N-dealkylation sites (N-methyl/N-ethyl adjacent to an activating group) is 1. The van der Waals surface area contributed by atoms with Crippen LogP contribution in [-0.4, -0.2) is 64.3 Å². The molecule has 216 valence electrons. The van der Waals surface area contributed by atoms with E-state index in [9.17, 15) is 9.90 Å². The normalized spacial score (nSPS) is 18.7. The summed E-state index contributed by atoms with van der Waals surface area (Å²) >= 11 is 12.4. The van der Waals surface area contributed by atoms with Crippen LogP contribution < -0.4 is 0 Å². The van der Waals surface area contributed by atoms with Crippen LogP contribution in [-0.2, 0) is 24.9 Å². The molecule has 0 bridgehead atoms. The number of amides is 1. The Bertz CT molecular complexity index is 1550. The van der Waals surface area contributed by atoms with Crippen molar-refractivity contribution in [2.75, 3.05) is 26.7 Å². The monoisotopic (exact) mass is 593 g/mol. The number of aryl methyl sites for hydroxylation is 1. The van der Waals surface area contributed by atoms with Gasteiger partial charge in [0.15, 0.2) is 0 Å². The van der Waals surface area contributed by atoms with Gasteiger partial charge in [0.2, 0.25) is 0 Å². The van der Waals surface area contributed by atoms with Gasteiger partial charge in [-0.1, -0.05) is 78.7 Å². The minimum atomic E-state index is -0.360. The van der Waals surface area contributed by atoms with E-state index in [-0.39, 0.29) is 30.6 Å². The average Bonchev–Trinajstić information content (AvgIpc) is 3.26.